The third kappa shape index (κ3) is 15.6. The maximum absolute atomic E-state index is 13.0. The molecular weight excluding hydrogens is 1350 g/mol. The van der Waals surface area contributed by atoms with Crippen LogP contribution in [0.1, 0.15) is 112 Å². The van der Waals surface area contributed by atoms with Gasteiger partial charge >= 0.3 is 0 Å². The van der Waals surface area contributed by atoms with Crippen molar-refractivity contribution in [1.29, 1.82) is 0 Å². The van der Waals surface area contributed by atoms with E-state index in [-0.39, 0.29) is 53.6 Å². The molecule has 9 aromatic heterocycles. The zero-order valence-electron chi connectivity index (χ0n) is 58.9. The lowest BCUT2D eigenvalue weighted by Crippen LogP contribution is -2.30. The Morgan fingerprint density at radius 2 is 0.822 bits per heavy atom. The van der Waals surface area contributed by atoms with E-state index in [1.54, 1.807) is 157 Å². The SMILES string of the molecule is C=CC(=O)N1CCC[C@H]1c1nc(-c2ccc(C(=O)Nc3ccccn3)cc2)c2c(N)nccn12.CC#CC(=O)N1CCC[C@H]1c1nc(-c2ccc(C(=O)Nc3ccccn3)cc2)c2c(N)nccn12.CN(C)C/C=C/C(=O)N1CCC[C@H]1c1nc(-c2ccc(C(=O)Nc3ccccn3)cc2)c2c(N)nccn12. The van der Waals surface area contributed by atoms with Crippen molar-refractivity contribution in [2.75, 3.05) is 73.4 Å². The Kier molecular flexibility index (Phi) is 21.6. The molecule has 538 valence electrons. The van der Waals surface area contributed by atoms with E-state index in [2.05, 4.69) is 64.3 Å². The Bertz CT molecular complexity index is 5390. The predicted molar refractivity (Wildman–Crippen MR) is 407 cm³/mol. The number of imidazole rings is 3. The molecule has 3 aliphatic heterocycles. The van der Waals surface area contributed by atoms with E-state index in [4.69, 9.17) is 32.2 Å². The van der Waals surface area contributed by atoms with Gasteiger partial charge in [0.15, 0.2) is 0 Å². The number of carbonyl (C=O) groups is 6. The molecule has 0 aliphatic carbocycles. The minimum Gasteiger partial charge on any atom is -0.382 e. The maximum Gasteiger partial charge on any atom is 0.299 e. The summed E-state index contributed by atoms with van der Waals surface area (Å²) in [6, 6.07) is 36.8. The molecule has 3 saturated heterocycles. The summed E-state index contributed by atoms with van der Waals surface area (Å²) in [5, 5.41) is 8.34. The normalized spacial score (nSPS) is 15.3. The molecule has 12 aromatic rings. The Labute approximate surface area is 615 Å². The number of nitrogens with zero attached hydrogens (tertiary/aromatic N) is 16. The van der Waals surface area contributed by atoms with E-state index in [9.17, 15) is 28.8 Å². The number of nitrogens with two attached hydrogens (primary N) is 3. The third-order valence-corrected chi connectivity index (χ3v) is 18.4. The second-order valence-corrected chi connectivity index (χ2v) is 25.6. The largest absolute Gasteiger partial charge is 0.382 e. The van der Waals surface area contributed by atoms with Gasteiger partial charge in [-0.05, 0) is 144 Å². The summed E-state index contributed by atoms with van der Waals surface area (Å²) in [5.74, 6) is 8.85. The van der Waals surface area contributed by atoms with Crippen molar-refractivity contribution in [3.63, 3.8) is 0 Å². The summed E-state index contributed by atoms with van der Waals surface area (Å²) >= 11 is 0. The Balaban J connectivity index is 0.000000142. The van der Waals surface area contributed by atoms with Crippen molar-refractivity contribution >= 4 is 86.9 Å². The molecule has 0 unspecified atom stereocenters. The van der Waals surface area contributed by atoms with Crippen LogP contribution in [0, 0.1) is 11.8 Å². The number of likely N-dealkylation sites (tertiary alicyclic amines) is 3. The van der Waals surface area contributed by atoms with Gasteiger partial charge in [0, 0.05) is 121 Å². The van der Waals surface area contributed by atoms with Gasteiger partial charge in [-0.1, -0.05) is 73.2 Å². The van der Waals surface area contributed by atoms with E-state index in [1.807, 2.05) is 91.8 Å². The topological polar surface area (TPSA) is 359 Å². The van der Waals surface area contributed by atoms with Crippen LogP contribution < -0.4 is 33.2 Å². The molecule has 0 bridgehead atoms. The molecule has 0 spiro atoms. The van der Waals surface area contributed by atoms with Crippen molar-refractivity contribution in [1.82, 2.24) is 77.7 Å². The molecule has 3 atom stereocenters. The number of anilines is 6. The number of pyridine rings is 3. The number of amides is 6. The Morgan fingerprint density at radius 3 is 1.15 bits per heavy atom. The highest BCUT2D eigenvalue weighted by Gasteiger charge is 2.37. The lowest BCUT2D eigenvalue weighted by Gasteiger charge is -2.22. The van der Waals surface area contributed by atoms with Crippen LogP contribution in [0.15, 0.2) is 208 Å². The van der Waals surface area contributed by atoms with Crippen molar-refractivity contribution in [2.24, 2.45) is 0 Å². The first-order valence-corrected chi connectivity index (χ1v) is 34.7. The van der Waals surface area contributed by atoms with Crippen molar-refractivity contribution < 1.29 is 28.8 Å². The van der Waals surface area contributed by atoms with E-state index in [1.165, 1.54) is 6.08 Å². The standard InChI is InChI=1S/C28H30N8O2.C26H23N7O2.C25H23N7O2/c1-34(2)16-6-9-23(37)35-17-5-7-21(35)27-33-24(25-26(29)31-15-18-36(25)27)19-10-12-20(13-11-19)28(38)32-22-8-3-4-14-30-22;1-2-6-21(34)32-15-5-7-19(32)25-31-22(23-24(27)29-14-16-33(23)25)17-9-11-18(12-10-17)26(35)30-20-8-3-4-13-28-20;1-2-20(33)31-14-5-6-18(31)24-30-21(22-23(26)28-13-15-32(22)24)16-8-10-17(11-9-16)25(34)29-19-7-3-4-12-27-19/h3-4,6,8-15,18,21H,5,7,16-17H2,1-2H3,(H2,29,31)(H,30,32,38);3-4,8-14,16,19H,5,7,15H2,1H3,(H2,27,29)(H,28,30,35);2-4,7-13,15,18H,1,5-6,14H2,(H2,26,28)(H,27,29,34)/b9-6+;;/t21-;19-;18-/m000/s1. The molecule has 3 aliphatic rings. The summed E-state index contributed by atoms with van der Waals surface area (Å²) in [7, 11) is 3.92. The van der Waals surface area contributed by atoms with E-state index >= 15 is 0 Å². The molecule has 12 heterocycles. The smallest absolute Gasteiger partial charge is 0.299 e. The molecule has 15 rings (SSSR count). The second-order valence-electron chi connectivity index (χ2n) is 25.6. The summed E-state index contributed by atoms with van der Waals surface area (Å²) in [6.45, 7) is 7.92. The minimum absolute atomic E-state index is 0.0297. The first kappa shape index (κ1) is 71.6. The number of nitrogen functional groups attached to an aromatic ring is 3. The number of nitrogens with one attached hydrogen (secondary N) is 3. The van der Waals surface area contributed by atoms with Crippen LogP contribution in [0.2, 0.25) is 0 Å². The van der Waals surface area contributed by atoms with Gasteiger partial charge < -0.3 is 52.8 Å². The fourth-order valence-electron chi connectivity index (χ4n) is 13.4. The first-order chi connectivity index (χ1) is 52.0. The maximum atomic E-state index is 13.0. The van der Waals surface area contributed by atoms with Gasteiger partial charge in [0.1, 0.15) is 86.0 Å². The van der Waals surface area contributed by atoms with Crippen molar-refractivity contribution in [3.05, 3.63) is 242 Å². The number of likely N-dealkylation sites (N-methyl/N-ethyl adjacent to an activating group) is 1. The van der Waals surface area contributed by atoms with Crippen LogP contribution in [0.25, 0.3) is 50.3 Å². The average Bonchev–Trinajstić information content (AvgIpc) is 1.62. The van der Waals surface area contributed by atoms with E-state index in [0.717, 1.165) is 66.9 Å². The first-order valence-electron chi connectivity index (χ1n) is 34.7. The van der Waals surface area contributed by atoms with Crippen molar-refractivity contribution in [2.45, 2.75) is 63.6 Å². The van der Waals surface area contributed by atoms with Crippen LogP contribution >= 0.6 is 0 Å². The summed E-state index contributed by atoms with van der Waals surface area (Å²) in [4.78, 5) is 123. The Morgan fingerprint density at radius 1 is 0.477 bits per heavy atom. The molecule has 28 heteroatoms. The molecule has 6 amide bonds. The molecule has 0 saturated carbocycles. The van der Waals surface area contributed by atoms with Crippen molar-refractivity contribution in [3.8, 4) is 45.6 Å². The quantitative estimate of drug-likeness (QED) is 0.0387. The van der Waals surface area contributed by atoms with Gasteiger partial charge in [0.2, 0.25) is 11.8 Å². The molecule has 28 nitrogen and oxygen atoms in total. The number of benzene rings is 3. The summed E-state index contributed by atoms with van der Waals surface area (Å²) < 4.78 is 5.73. The number of hydrogen-bond acceptors (Lipinski definition) is 19. The van der Waals surface area contributed by atoms with Gasteiger partial charge in [-0.2, -0.15) is 0 Å². The van der Waals surface area contributed by atoms with Gasteiger partial charge in [-0.25, -0.2) is 44.9 Å². The van der Waals surface area contributed by atoms with Crippen LogP contribution in [0.4, 0.5) is 34.9 Å². The van der Waals surface area contributed by atoms with Crippen LogP contribution in [0.3, 0.4) is 0 Å². The number of carbonyl (C=O) groups excluding carboxylic acids is 6. The minimum atomic E-state index is -0.260. The van der Waals surface area contributed by atoms with Gasteiger partial charge in [-0.3, -0.25) is 42.0 Å². The summed E-state index contributed by atoms with van der Waals surface area (Å²) in [6.07, 6.45) is 25.1. The van der Waals surface area contributed by atoms with E-state index in [0.29, 0.717) is 117 Å². The lowest BCUT2D eigenvalue weighted by atomic mass is 10.1. The lowest BCUT2D eigenvalue weighted by molar-refractivity contribution is -0.127. The predicted octanol–water partition coefficient (Wildman–Crippen LogP) is 10.2. The second kappa shape index (κ2) is 32.2. The molecule has 107 heavy (non-hydrogen) atoms. The van der Waals surface area contributed by atoms with E-state index < -0.39 is 0 Å². The highest BCUT2D eigenvalue weighted by molar-refractivity contribution is 6.06. The monoisotopic (exact) mass is 1430 g/mol. The zero-order valence-corrected chi connectivity index (χ0v) is 58.9. The number of aromatic nitrogens is 12. The number of hydrogen-bond donors (Lipinski definition) is 6. The Hall–Kier alpha value is -13.8. The fraction of sp³-hybridized carbons (Fsp3) is 0.203. The number of rotatable bonds is 16. The molecule has 3 fully saturated rings. The zero-order chi connectivity index (χ0) is 74.7. The summed E-state index contributed by atoms with van der Waals surface area (Å²) in [5.41, 5.74) is 26.6. The fourth-order valence-corrected chi connectivity index (χ4v) is 13.4. The number of fused-ring (bicyclic) bond motifs is 3. The van der Waals surface area contributed by atoms with Gasteiger partial charge in [-0.15, -0.1) is 0 Å². The molecule has 3 aromatic carbocycles. The highest BCUT2D eigenvalue weighted by atomic mass is 16.2. The molecular formula is C79H76N22O6. The van der Waals surface area contributed by atoms with Gasteiger partial charge in [0.25, 0.3) is 23.6 Å². The third-order valence-electron chi connectivity index (χ3n) is 18.4. The van der Waals surface area contributed by atoms with Gasteiger partial charge in [0.05, 0.1) is 18.1 Å². The van der Waals surface area contributed by atoms with Crippen LogP contribution in [0.5, 0.6) is 0 Å². The average molecular weight is 1430 g/mol. The van der Waals surface area contributed by atoms with Crippen LogP contribution in [-0.2, 0) is 14.4 Å². The highest BCUT2D eigenvalue weighted by Crippen LogP contribution is 2.40. The van der Waals surface area contributed by atoms with Crippen LogP contribution in [-0.4, -0.2) is 153 Å². The molecule has 0 radical (unpaired) electrons. The molecule has 9 N–H and O–H groups in total.